The summed E-state index contributed by atoms with van der Waals surface area (Å²) in [5.41, 5.74) is 0. The molecule has 0 heterocycles. The third-order valence-electron chi connectivity index (χ3n) is 3.51. The molecule has 0 aromatic carbocycles. The van der Waals surface area contributed by atoms with Crippen molar-refractivity contribution >= 4 is 10.1 Å². The molecule has 3 aliphatic carbocycles. The summed E-state index contributed by atoms with van der Waals surface area (Å²) in [6.45, 7) is 0. The van der Waals surface area contributed by atoms with Crippen LogP contribution in [0.1, 0.15) is 32.1 Å². The highest BCUT2D eigenvalue weighted by atomic mass is 32.2. The van der Waals surface area contributed by atoms with E-state index < -0.39 is 15.1 Å². The molecular weight excluding hydrogens is 192 g/mol. The van der Waals surface area contributed by atoms with Crippen LogP contribution in [0.3, 0.4) is 0 Å². The molecule has 76 valence electrons. The van der Waals surface area contributed by atoms with E-state index in [1.165, 1.54) is 0 Å². The lowest BCUT2D eigenvalue weighted by molar-refractivity contribution is -0.0391. The summed E-state index contributed by atoms with van der Waals surface area (Å²) in [5.74, 6) is 0.0180. The minimum absolute atomic E-state index is 0.219. The van der Waals surface area contributed by atoms with Crippen LogP contribution in [0.4, 0.5) is 0 Å². The lowest BCUT2D eigenvalue weighted by Crippen LogP contribution is -2.52. The van der Waals surface area contributed by atoms with Crippen molar-refractivity contribution in [2.75, 3.05) is 0 Å². The van der Waals surface area contributed by atoms with Gasteiger partial charge in [-0.25, -0.2) is 0 Å². The molecule has 0 amide bonds. The number of rotatable bonds is 1. The second kappa shape index (κ2) is 2.68. The van der Waals surface area contributed by atoms with Crippen LogP contribution in [0, 0.1) is 11.8 Å². The van der Waals surface area contributed by atoms with E-state index in [0.29, 0.717) is 0 Å². The average Bonchev–Trinajstić information content (AvgIpc) is 2.04. The molecule has 3 aliphatic rings. The first-order valence-corrected chi connectivity index (χ1v) is 6.07. The Hall–Kier alpha value is -0.130. The molecule has 5 heteroatoms. The average molecular weight is 206 g/mol. The first kappa shape index (κ1) is 9.43. The highest BCUT2D eigenvalue weighted by molar-refractivity contribution is 7.87. The van der Waals surface area contributed by atoms with E-state index in [9.17, 15) is 13.5 Å². The van der Waals surface area contributed by atoms with E-state index in [2.05, 4.69) is 0 Å². The zero-order valence-corrected chi connectivity index (χ0v) is 8.13. The second-order valence-corrected chi connectivity index (χ2v) is 5.90. The molecule has 13 heavy (non-hydrogen) atoms. The molecule has 0 radical (unpaired) electrons. The van der Waals surface area contributed by atoms with Crippen LogP contribution in [0.15, 0.2) is 0 Å². The van der Waals surface area contributed by atoms with Gasteiger partial charge in [-0.2, -0.15) is 8.42 Å². The van der Waals surface area contributed by atoms with Crippen LogP contribution >= 0.6 is 0 Å². The number of hydrogen-bond acceptors (Lipinski definition) is 3. The predicted octanol–water partition coefficient (Wildman–Crippen LogP) is 0.773. The molecule has 0 aromatic heterocycles. The third-order valence-corrected chi connectivity index (χ3v) is 4.91. The monoisotopic (exact) mass is 206 g/mol. The van der Waals surface area contributed by atoms with Gasteiger partial charge >= 0.3 is 0 Å². The van der Waals surface area contributed by atoms with Crippen molar-refractivity contribution in [1.82, 2.24) is 0 Å². The van der Waals surface area contributed by atoms with Gasteiger partial charge in [-0.05, 0) is 38.0 Å². The van der Waals surface area contributed by atoms with E-state index >= 15 is 0 Å². The quantitative estimate of drug-likeness (QED) is 0.621. The first-order chi connectivity index (χ1) is 5.93. The van der Waals surface area contributed by atoms with Crippen LogP contribution in [-0.4, -0.2) is 23.0 Å². The number of fused-ring (bicyclic) bond motifs is 3. The Morgan fingerprint density at radius 2 is 1.69 bits per heavy atom. The minimum atomic E-state index is -4.30. The van der Waals surface area contributed by atoms with Crippen molar-refractivity contribution in [3.8, 4) is 0 Å². The number of aliphatic hydroxyl groups is 1. The second-order valence-electron chi connectivity index (χ2n) is 4.24. The Balaban J connectivity index is 2.34. The predicted molar refractivity (Wildman–Crippen MR) is 46.6 cm³/mol. The summed E-state index contributed by atoms with van der Waals surface area (Å²) in [6.07, 6.45) is 3.64. The van der Waals surface area contributed by atoms with Gasteiger partial charge in [-0.15, -0.1) is 0 Å². The van der Waals surface area contributed by atoms with Gasteiger partial charge in [0.25, 0.3) is 10.1 Å². The molecule has 2 N–H and O–H groups in total. The molecule has 2 bridgehead atoms. The molecule has 4 nitrogen and oxygen atoms in total. The molecule has 0 aromatic rings. The van der Waals surface area contributed by atoms with E-state index in [1.54, 1.807) is 0 Å². The lowest BCUT2D eigenvalue weighted by atomic mass is 9.69. The maximum absolute atomic E-state index is 11.0. The molecule has 0 saturated heterocycles. The van der Waals surface area contributed by atoms with Crippen molar-refractivity contribution in [2.45, 2.75) is 37.0 Å². The van der Waals surface area contributed by atoms with Crippen molar-refractivity contribution in [1.29, 1.82) is 0 Å². The maximum Gasteiger partial charge on any atom is 0.295 e. The van der Waals surface area contributed by atoms with Crippen LogP contribution in [-0.2, 0) is 10.1 Å². The zero-order valence-electron chi connectivity index (χ0n) is 7.31. The summed E-state index contributed by atoms with van der Waals surface area (Å²) >= 11 is 0. The fraction of sp³-hybridized carbons (Fsp3) is 1.00. The summed E-state index contributed by atoms with van der Waals surface area (Å²) < 4.78 is 31.0. The molecule has 3 saturated carbocycles. The van der Waals surface area contributed by atoms with Gasteiger partial charge in [0.15, 0.2) is 4.93 Å². The van der Waals surface area contributed by atoms with Crippen LogP contribution in [0.25, 0.3) is 0 Å². The van der Waals surface area contributed by atoms with E-state index in [-0.39, 0.29) is 18.3 Å². The Morgan fingerprint density at radius 1 is 1.15 bits per heavy atom. The highest BCUT2D eigenvalue weighted by Crippen LogP contribution is 2.49. The molecule has 0 spiro atoms. The third kappa shape index (κ3) is 1.30. The molecule has 1 atom stereocenters. The summed E-state index contributed by atoms with van der Waals surface area (Å²) in [5, 5.41) is 9.86. The van der Waals surface area contributed by atoms with Gasteiger partial charge in [0, 0.05) is 5.92 Å². The van der Waals surface area contributed by atoms with Crippen molar-refractivity contribution in [3.63, 3.8) is 0 Å². The van der Waals surface area contributed by atoms with Crippen LogP contribution in [0.5, 0.6) is 0 Å². The van der Waals surface area contributed by atoms with Crippen LogP contribution < -0.4 is 0 Å². The van der Waals surface area contributed by atoms with Crippen molar-refractivity contribution in [2.24, 2.45) is 11.8 Å². The summed E-state index contributed by atoms with van der Waals surface area (Å²) in [7, 11) is -4.30. The Kier molecular flexibility index (Phi) is 1.94. The topological polar surface area (TPSA) is 74.6 Å². The van der Waals surface area contributed by atoms with E-state index in [0.717, 1.165) is 25.7 Å². The minimum Gasteiger partial charge on any atom is -0.372 e. The van der Waals surface area contributed by atoms with Crippen LogP contribution in [0.2, 0.25) is 0 Å². The van der Waals surface area contributed by atoms with Gasteiger partial charge in [0.2, 0.25) is 0 Å². The highest BCUT2D eigenvalue weighted by Gasteiger charge is 2.54. The Bertz CT molecular complexity index is 302. The molecule has 1 unspecified atom stereocenters. The van der Waals surface area contributed by atoms with Crippen molar-refractivity contribution < 1.29 is 18.1 Å². The normalized spacial score (nSPS) is 45.1. The first-order valence-electron chi connectivity index (χ1n) is 4.63. The molecule has 3 fully saturated rings. The van der Waals surface area contributed by atoms with Gasteiger partial charge < -0.3 is 5.11 Å². The van der Waals surface area contributed by atoms with Gasteiger partial charge in [0.1, 0.15) is 0 Å². The lowest BCUT2D eigenvalue weighted by Gasteiger charge is -2.46. The van der Waals surface area contributed by atoms with Gasteiger partial charge in [0.05, 0.1) is 0 Å². The van der Waals surface area contributed by atoms with Gasteiger partial charge in [-0.1, -0.05) is 0 Å². The standard InChI is InChI=1S/C8H14O4S/c9-8(13(10,11)12)5-6-1-3-7(8)4-2-6/h6-7,9H,1-5H2,(H,10,11,12). The van der Waals surface area contributed by atoms with E-state index in [4.69, 9.17) is 4.55 Å². The SMILES string of the molecule is O=S(=O)(O)C1(O)CC2CCC1CC2. The summed E-state index contributed by atoms with van der Waals surface area (Å²) in [4.78, 5) is -1.84. The Morgan fingerprint density at radius 3 is 1.92 bits per heavy atom. The molecule has 0 aliphatic heterocycles. The number of hydrogen-bond donors (Lipinski definition) is 2. The molecule has 3 rings (SSSR count). The molecular formula is C8H14O4S. The summed E-state index contributed by atoms with van der Waals surface area (Å²) in [6, 6.07) is 0. The fourth-order valence-electron chi connectivity index (χ4n) is 2.71. The smallest absolute Gasteiger partial charge is 0.295 e. The zero-order chi connectivity index (χ0) is 9.69. The van der Waals surface area contributed by atoms with E-state index in [1.807, 2.05) is 0 Å². The Labute approximate surface area is 77.7 Å². The maximum atomic E-state index is 11.0. The van der Waals surface area contributed by atoms with Crippen molar-refractivity contribution in [3.05, 3.63) is 0 Å². The van der Waals surface area contributed by atoms with Gasteiger partial charge in [-0.3, -0.25) is 4.55 Å². The largest absolute Gasteiger partial charge is 0.372 e. The fourth-order valence-corrected chi connectivity index (χ4v) is 3.82.